The maximum absolute atomic E-state index is 10.7. The topological polar surface area (TPSA) is 0 Å². The van der Waals surface area contributed by atoms with Gasteiger partial charge in [0.05, 0.1) is 7.18 Å². The molecule has 0 aromatic carbocycles. The lowest BCUT2D eigenvalue weighted by molar-refractivity contribution is 0.393. The highest BCUT2D eigenvalue weighted by atomic mass is 35.5. The van der Waals surface area contributed by atoms with Gasteiger partial charge in [0.1, 0.15) is 0 Å². The summed E-state index contributed by atoms with van der Waals surface area (Å²) in [6, 6.07) is 0. The number of alkyl halides is 1. The second-order valence-electron chi connectivity index (χ2n) is 0.521. The summed E-state index contributed by atoms with van der Waals surface area (Å²) in [7, 11) is 0.500. The van der Waals surface area contributed by atoms with E-state index in [-0.39, 0.29) is 0 Å². The zero-order valence-electron chi connectivity index (χ0n) is 3.89. The van der Waals surface area contributed by atoms with Crippen LogP contribution in [0.4, 0.5) is 17.6 Å². The Balaban J connectivity index is 0. The van der Waals surface area contributed by atoms with Crippen molar-refractivity contribution < 1.29 is 17.6 Å². The number of halogens is 5. The second-order valence-corrected chi connectivity index (χ2v) is 0.853. The Bertz CT molecular complexity index is 61.4. The number of hydrogen-bond donors (Lipinski definition) is 0. The Morgan fingerprint density at radius 1 is 1.12 bits per heavy atom. The fourth-order valence-electron chi connectivity index (χ4n) is 0. The Labute approximate surface area is 48.8 Å². The third-order valence-corrected chi connectivity index (χ3v) is 0.286. The van der Waals surface area contributed by atoms with E-state index < -0.39 is 11.4 Å². The van der Waals surface area contributed by atoms with E-state index in [1.807, 2.05) is 0 Å². The zero-order chi connectivity index (χ0) is 7.15. The number of rotatable bonds is 0. The van der Waals surface area contributed by atoms with Gasteiger partial charge in [-0.25, -0.2) is 0 Å². The van der Waals surface area contributed by atoms with Gasteiger partial charge in [0.2, 0.25) is 0 Å². The highest BCUT2D eigenvalue weighted by molar-refractivity contribution is 6.28. The predicted molar refractivity (Wildman–Crippen MR) is 23.2 cm³/mol. The Morgan fingerprint density at radius 3 is 1.25 bits per heavy atom. The molecule has 0 rings (SSSR count). The third-order valence-electron chi connectivity index (χ3n) is 0.143. The van der Waals surface area contributed by atoms with Crippen molar-refractivity contribution in [1.82, 2.24) is 0 Å². The molecular formula is C3H3ClF4. The summed E-state index contributed by atoms with van der Waals surface area (Å²) in [5, 5.41) is -1.94. The van der Waals surface area contributed by atoms with Crippen molar-refractivity contribution in [2.75, 3.05) is 7.18 Å². The van der Waals surface area contributed by atoms with Crippen LogP contribution in [0.1, 0.15) is 0 Å². The van der Waals surface area contributed by atoms with Gasteiger partial charge in [-0.3, -0.25) is 4.39 Å². The van der Waals surface area contributed by atoms with Crippen LogP contribution in [-0.4, -0.2) is 7.18 Å². The van der Waals surface area contributed by atoms with Gasteiger partial charge in [-0.2, -0.15) is 13.2 Å². The van der Waals surface area contributed by atoms with Crippen molar-refractivity contribution >= 4 is 11.6 Å². The maximum Gasteiger partial charge on any atom is 0.317 e. The molecule has 0 nitrogen and oxygen atoms in total. The summed E-state index contributed by atoms with van der Waals surface area (Å²) in [5.41, 5.74) is 0. The molecular weight excluding hydrogens is 147 g/mol. The van der Waals surface area contributed by atoms with Gasteiger partial charge in [-0.15, -0.1) is 0 Å². The Morgan fingerprint density at radius 2 is 1.25 bits per heavy atom. The molecule has 0 aromatic heterocycles. The standard InChI is InChI=1S/C2ClF3.CH3F/c3-1(4)2(5)6;1-2/h;1H3. The van der Waals surface area contributed by atoms with Crippen molar-refractivity contribution in [2.45, 2.75) is 0 Å². The first-order chi connectivity index (χ1) is 3.64. The van der Waals surface area contributed by atoms with Crippen LogP contribution < -0.4 is 0 Å². The lowest BCUT2D eigenvalue weighted by atomic mass is 11.1. The van der Waals surface area contributed by atoms with E-state index in [1.165, 1.54) is 0 Å². The van der Waals surface area contributed by atoms with Crippen molar-refractivity contribution in [3.05, 3.63) is 11.4 Å². The minimum atomic E-state index is -2.48. The maximum atomic E-state index is 10.7. The van der Waals surface area contributed by atoms with E-state index in [1.54, 1.807) is 0 Å². The largest absolute Gasteiger partial charge is 0.317 e. The van der Waals surface area contributed by atoms with Gasteiger partial charge in [0, 0.05) is 0 Å². The first-order valence-corrected chi connectivity index (χ1v) is 1.76. The molecule has 0 amide bonds. The minimum absolute atomic E-state index is 0.500. The van der Waals surface area contributed by atoms with Gasteiger partial charge in [0.25, 0.3) is 5.29 Å². The Kier molecular flexibility index (Phi) is 9.01. The van der Waals surface area contributed by atoms with E-state index in [4.69, 9.17) is 0 Å². The van der Waals surface area contributed by atoms with Gasteiger partial charge < -0.3 is 0 Å². The van der Waals surface area contributed by atoms with Crippen LogP contribution in [0.3, 0.4) is 0 Å². The normalized spacial score (nSPS) is 6.75. The first kappa shape index (κ1) is 10.7. The highest BCUT2D eigenvalue weighted by Crippen LogP contribution is 2.11. The summed E-state index contributed by atoms with van der Waals surface area (Å²) in [4.78, 5) is 0. The molecule has 0 saturated carbocycles. The molecule has 0 saturated heterocycles. The fraction of sp³-hybridized carbons (Fsp3) is 0.333. The van der Waals surface area contributed by atoms with Crippen molar-refractivity contribution in [3.8, 4) is 0 Å². The molecule has 0 unspecified atom stereocenters. The second kappa shape index (κ2) is 6.75. The van der Waals surface area contributed by atoms with Gasteiger partial charge in [0.15, 0.2) is 0 Å². The van der Waals surface area contributed by atoms with E-state index in [0.717, 1.165) is 0 Å². The van der Waals surface area contributed by atoms with Crippen molar-refractivity contribution in [3.63, 3.8) is 0 Å². The average molecular weight is 151 g/mol. The van der Waals surface area contributed by atoms with Crippen LogP contribution in [0.15, 0.2) is 11.4 Å². The smallest absolute Gasteiger partial charge is 0.255 e. The van der Waals surface area contributed by atoms with Crippen molar-refractivity contribution in [1.29, 1.82) is 0 Å². The summed E-state index contributed by atoms with van der Waals surface area (Å²) in [6.45, 7) is 0. The molecule has 8 heavy (non-hydrogen) atoms. The molecule has 0 spiro atoms. The molecule has 0 radical (unpaired) electrons. The van der Waals surface area contributed by atoms with Crippen LogP contribution in [0.5, 0.6) is 0 Å². The molecule has 0 N–H and O–H groups in total. The fourth-order valence-corrected chi connectivity index (χ4v) is 0. The van der Waals surface area contributed by atoms with Crippen LogP contribution in [0.25, 0.3) is 0 Å². The summed E-state index contributed by atoms with van der Waals surface area (Å²) in [6.07, 6.45) is -2.48. The number of hydrogen-bond acceptors (Lipinski definition) is 0. The Hall–Kier alpha value is -0.250. The van der Waals surface area contributed by atoms with Crippen LogP contribution in [0, 0.1) is 0 Å². The van der Waals surface area contributed by atoms with E-state index in [2.05, 4.69) is 11.6 Å². The molecule has 0 bridgehead atoms. The molecule has 0 fully saturated rings. The van der Waals surface area contributed by atoms with Gasteiger partial charge >= 0.3 is 6.08 Å². The third kappa shape index (κ3) is 9.23. The lowest BCUT2D eigenvalue weighted by Crippen LogP contribution is -1.54. The molecule has 0 aliphatic heterocycles. The lowest BCUT2D eigenvalue weighted by Gasteiger charge is -1.70. The average Bonchev–Trinajstić information content (AvgIpc) is 1.72. The first-order valence-electron chi connectivity index (χ1n) is 1.38. The minimum Gasteiger partial charge on any atom is -0.255 e. The van der Waals surface area contributed by atoms with Crippen LogP contribution >= 0.6 is 11.6 Å². The summed E-state index contributed by atoms with van der Waals surface area (Å²) < 4.78 is 41.3. The van der Waals surface area contributed by atoms with E-state index in [0.29, 0.717) is 7.18 Å². The van der Waals surface area contributed by atoms with Crippen LogP contribution in [0.2, 0.25) is 0 Å². The SMILES string of the molecule is CF.FC(F)=C(F)Cl. The van der Waals surface area contributed by atoms with Crippen LogP contribution in [-0.2, 0) is 0 Å². The van der Waals surface area contributed by atoms with E-state index in [9.17, 15) is 17.6 Å². The van der Waals surface area contributed by atoms with Gasteiger partial charge in [-0.1, -0.05) is 0 Å². The van der Waals surface area contributed by atoms with Gasteiger partial charge in [-0.05, 0) is 11.6 Å². The highest BCUT2D eigenvalue weighted by Gasteiger charge is 1.95. The molecule has 0 aromatic rings. The van der Waals surface area contributed by atoms with Crippen molar-refractivity contribution in [2.24, 2.45) is 0 Å². The molecule has 5 heteroatoms. The molecule has 50 valence electrons. The monoisotopic (exact) mass is 150 g/mol. The quantitative estimate of drug-likeness (QED) is 0.466. The summed E-state index contributed by atoms with van der Waals surface area (Å²) in [5.74, 6) is 0. The molecule has 0 aliphatic carbocycles. The molecule has 0 aliphatic rings. The van der Waals surface area contributed by atoms with E-state index >= 15 is 0 Å². The molecule has 0 heterocycles. The predicted octanol–water partition coefficient (Wildman–Crippen LogP) is 2.85. The zero-order valence-corrected chi connectivity index (χ0v) is 4.65. The molecule has 0 atom stereocenters. The summed E-state index contributed by atoms with van der Waals surface area (Å²) >= 11 is 4.08.